The largest absolute Gasteiger partial charge is 0.505 e. The number of carboxylic acid groups (broad SMARTS) is 1. The molecule has 0 aliphatic heterocycles. The zero-order valence-corrected chi connectivity index (χ0v) is 8.83. The van der Waals surface area contributed by atoms with Crippen molar-refractivity contribution in [1.29, 1.82) is 0 Å². The van der Waals surface area contributed by atoms with E-state index in [0.717, 1.165) is 6.20 Å². The lowest BCUT2D eigenvalue weighted by Gasteiger charge is -2.08. The first-order chi connectivity index (χ1) is 6.99. The lowest BCUT2D eigenvalue weighted by Crippen LogP contribution is -2.06. The third-order valence-electron chi connectivity index (χ3n) is 1.73. The SMILES string of the molecule is O=C(O)c1c(C(F)F)cnc(CBr)c1O. The van der Waals surface area contributed by atoms with E-state index in [1.165, 1.54) is 0 Å². The molecule has 0 saturated carbocycles. The van der Waals surface area contributed by atoms with E-state index in [9.17, 15) is 18.7 Å². The van der Waals surface area contributed by atoms with Crippen LogP contribution in [0.4, 0.5) is 8.78 Å². The van der Waals surface area contributed by atoms with Gasteiger partial charge in [0.2, 0.25) is 0 Å². The first kappa shape index (κ1) is 11.8. The standard InChI is InChI=1S/C8H6BrF2NO3/c9-1-4-6(13)5(8(14)15)3(2-12-4)7(10)11/h2,7,13H,1H2,(H,14,15). The van der Waals surface area contributed by atoms with Gasteiger partial charge in [-0.1, -0.05) is 15.9 Å². The fourth-order valence-electron chi connectivity index (χ4n) is 1.04. The molecule has 0 radical (unpaired) electrons. The molecule has 0 aliphatic rings. The minimum atomic E-state index is -2.99. The summed E-state index contributed by atoms with van der Waals surface area (Å²) in [7, 11) is 0. The van der Waals surface area contributed by atoms with Gasteiger partial charge in [0.25, 0.3) is 6.43 Å². The van der Waals surface area contributed by atoms with Crippen LogP contribution in [0.2, 0.25) is 0 Å². The summed E-state index contributed by atoms with van der Waals surface area (Å²) < 4.78 is 24.8. The highest BCUT2D eigenvalue weighted by Crippen LogP contribution is 2.31. The second-order valence-electron chi connectivity index (χ2n) is 2.62. The number of halogens is 3. The highest BCUT2D eigenvalue weighted by Gasteiger charge is 2.24. The van der Waals surface area contributed by atoms with Crippen LogP contribution in [0.1, 0.15) is 28.0 Å². The number of nitrogens with zero attached hydrogens (tertiary/aromatic N) is 1. The summed E-state index contributed by atoms with van der Waals surface area (Å²) >= 11 is 2.95. The molecular weight excluding hydrogens is 276 g/mol. The van der Waals surface area contributed by atoms with Crippen LogP contribution in [0.25, 0.3) is 0 Å². The Bertz CT molecular complexity index is 398. The second-order valence-corrected chi connectivity index (χ2v) is 3.18. The summed E-state index contributed by atoms with van der Waals surface area (Å²) in [6.07, 6.45) is -2.23. The Morgan fingerprint density at radius 1 is 1.60 bits per heavy atom. The van der Waals surface area contributed by atoms with Crippen LogP contribution in [0.3, 0.4) is 0 Å². The molecule has 2 N–H and O–H groups in total. The highest BCUT2D eigenvalue weighted by atomic mass is 79.9. The van der Waals surface area contributed by atoms with Crippen molar-refractivity contribution in [3.8, 4) is 5.75 Å². The molecule has 0 fully saturated rings. The van der Waals surface area contributed by atoms with Crippen molar-refractivity contribution >= 4 is 21.9 Å². The van der Waals surface area contributed by atoms with Gasteiger partial charge in [-0.25, -0.2) is 13.6 Å². The molecule has 0 spiro atoms. The average Bonchev–Trinajstić information content (AvgIpc) is 2.16. The molecule has 0 aliphatic carbocycles. The number of carboxylic acids is 1. The van der Waals surface area contributed by atoms with E-state index < -0.39 is 29.3 Å². The molecule has 1 aromatic heterocycles. The topological polar surface area (TPSA) is 70.4 Å². The first-order valence-corrected chi connectivity index (χ1v) is 4.89. The maximum Gasteiger partial charge on any atom is 0.340 e. The van der Waals surface area contributed by atoms with Crippen molar-refractivity contribution in [1.82, 2.24) is 4.98 Å². The Balaban J connectivity index is 3.44. The number of aromatic nitrogens is 1. The Labute approximate surface area is 91.7 Å². The fourth-order valence-corrected chi connectivity index (χ4v) is 1.45. The quantitative estimate of drug-likeness (QED) is 0.835. The normalized spacial score (nSPS) is 10.7. The summed E-state index contributed by atoms with van der Waals surface area (Å²) in [5, 5.41) is 18.1. The Kier molecular flexibility index (Phi) is 3.57. The number of hydrogen-bond donors (Lipinski definition) is 2. The number of pyridine rings is 1. The third kappa shape index (κ3) is 2.23. The van der Waals surface area contributed by atoms with Gasteiger partial charge in [-0.2, -0.15) is 0 Å². The summed E-state index contributed by atoms with van der Waals surface area (Å²) in [6.45, 7) is 0. The van der Waals surface area contributed by atoms with E-state index in [1.807, 2.05) is 0 Å². The Morgan fingerprint density at radius 2 is 2.20 bits per heavy atom. The van der Waals surface area contributed by atoms with E-state index >= 15 is 0 Å². The van der Waals surface area contributed by atoms with E-state index in [1.54, 1.807) is 0 Å². The molecule has 0 saturated heterocycles. The van der Waals surface area contributed by atoms with Gasteiger partial charge < -0.3 is 10.2 Å². The maximum atomic E-state index is 12.4. The van der Waals surface area contributed by atoms with E-state index in [-0.39, 0.29) is 11.0 Å². The van der Waals surface area contributed by atoms with Crippen LogP contribution in [-0.4, -0.2) is 21.2 Å². The van der Waals surface area contributed by atoms with Crippen molar-refractivity contribution in [2.45, 2.75) is 11.8 Å². The third-order valence-corrected chi connectivity index (χ3v) is 2.26. The molecule has 82 valence electrons. The van der Waals surface area contributed by atoms with E-state index in [0.29, 0.717) is 0 Å². The molecule has 1 heterocycles. The number of rotatable bonds is 3. The van der Waals surface area contributed by atoms with Gasteiger partial charge in [-0.3, -0.25) is 4.98 Å². The molecular formula is C8H6BrF2NO3. The minimum Gasteiger partial charge on any atom is -0.505 e. The number of hydrogen-bond acceptors (Lipinski definition) is 3. The number of alkyl halides is 3. The lowest BCUT2D eigenvalue weighted by molar-refractivity contribution is 0.0680. The van der Waals surface area contributed by atoms with Crippen LogP contribution in [0, 0.1) is 0 Å². The summed E-state index contributed by atoms with van der Waals surface area (Å²) in [5.41, 5.74) is -1.57. The smallest absolute Gasteiger partial charge is 0.340 e. The zero-order chi connectivity index (χ0) is 11.6. The minimum absolute atomic E-state index is 0.0109. The summed E-state index contributed by atoms with van der Waals surface area (Å²) in [5.74, 6) is -2.33. The Hall–Kier alpha value is -1.24. The molecule has 0 unspecified atom stereocenters. The van der Waals surface area contributed by atoms with Crippen molar-refractivity contribution in [2.75, 3.05) is 0 Å². The number of aromatic hydroxyl groups is 1. The highest BCUT2D eigenvalue weighted by molar-refractivity contribution is 9.08. The monoisotopic (exact) mass is 281 g/mol. The summed E-state index contributed by atoms with van der Waals surface area (Å²) in [6, 6.07) is 0. The van der Waals surface area contributed by atoms with Gasteiger partial charge in [-0.05, 0) is 0 Å². The number of aromatic carboxylic acids is 1. The second kappa shape index (κ2) is 4.52. The van der Waals surface area contributed by atoms with Crippen LogP contribution in [0.15, 0.2) is 6.20 Å². The van der Waals surface area contributed by atoms with Crippen LogP contribution >= 0.6 is 15.9 Å². The first-order valence-electron chi connectivity index (χ1n) is 3.77. The molecule has 7 heteroatoms. The summed E-state index contributed by atoms with van der Waals surface area (Å²) in [4.78, 5) is 14.2. The van der Waals surface area contributed by atoms with Crippen molar-refractivity contribution < 1.29 is 23.8 Å². The molecule has 1 aromatic rings. The van der Waals surface area contributed by atoms with Gasteiger partial charge in [0.1, 0.15) is 5.56 Å². The molecule has 4 nitrogen and oxygen atoms in total. The van der Waals surface area contributed by atoms with Gasteiger partial charge in [0, 0.05) is 11.5 Å². The zero-order valence-electron chi connectivity index (χ0n) is 7.25. The Morgan fingerprint density at radius 3 is 2.60 bits per heavy atom. The van der Waals surface area contributed by atoms with Crippen LogP contribution in [-0.2, 0) is 5.33 Å². The van der Waals surface area contributed by atoms with E-state index in [4.69, 9.17) is 5.11 Å². The van der Waals surface area contributed by atoms with Crippen molar-refractivity contribution in [3.05, 3.63) is 23.0 Å². The molecule has 0 amide bonds. The van der Waals surface area contributed by atoms with Gasteiger partial charge in [0.05, 0.1) is 11.3 Å². The lowest BCUT2D eigenvalue weighted by atomic mass is 10.1. The molecule has 0 bridgehead atoms. The fraction of sp³-hybridized carbons (Fsp3) is 0.250. The van der Waals surface area contributed by atoms with Gasteiger partial charge in [-0.15, -0.1) is 0 Å². The van der Waals surface area contributed by atoms with Crippen molar-refractivity contribution in [3.63, 3.8) is 0 Å². The van der Waals surface area contributed by atoms with E-state index in [2.05, 4.69) is 20.9 Å². The average molecular weight is 282 g/mol. The predicted octanol–water partition coefficient (Wildman–Crippen LogP) is 2.32. The van der Waals surface area contributed by atoms with Gasteiger partial charge in [0.15, 0.2) is 5.75 Å². The van der Waals surface area contributed by atoms with Crippen LogP contribution < -0.4 is 0 Å². The molecule has 1 rings (SSSR count). The van der Waals surface area contributed by atoms with Crippen molar-refractivity contribution in [2.24, 2.45) is 0 Å². The van der Waals surface area contributed by atoms with Crippen LogP contribution in [0.5, 0.6) is 5.75 Å². The molecule has 0 atom stereocenters. The molecule has 15 heavy (non-hydrogen) atoms. The predicted molar refractivity (Wildman–Crippen MR) is 50.4 cm³/mol. The molecule has 0 aromatic carbocycles. The van der Waals surface area contributed by atoms with Gasteiger partial charge >= 0.3 is 5.97 Å². The maximum absolute atomic E-state index is 12.4. The number of carbonyl (C=O) groups is 1.